The molecule has 2 aromatic carbocycles. The molecule has 0 spiro atoms. The van der Waals surface area contributed by atoms with E-state index in [4.69, 9.17) is 11.6 Å². The number of aromatic nitrogens is 2. The summed E-state index contributed by atoms with van der Waals surface area (Å²) in [6.45, 7) is 9.85. The quantitative estimate of drug-likeness (QED) is 0.159. The van der Waals surface area contributed by atoms with Crippen molar-refractivity contribution in [3.05, 3.63) is 71.9 Å². The normalized spacial score (nSPS) is 11.4. The monoisotopic (exact) mass is 647 g/mol. The van der Waals surface area contributed by atoms with Gasteiger partial charge in [-0.2, -0.15) is 18.2 Å². The van der Waals surface area contributed by atoms with Crippen molar-refractivity contribution in [2.45, 2.75) is 45.8 Å². The van der Waals surface area contributed by atoms with E-state index in [-0.39, 0.29) is 47.7 Å². The van der Waals surface area contributed by atoms with Crippen LogP contribution in [-0.2, 0) is 15.8 Å². The van der Waals surface area contributed by atoms with Crippen molar-refractivity contribution in [1.29, 1.82) is 0 Å². The number of carboxylic acid groups (broad SMARTS) is 1. The van der Waals surface area contributed by atoms with Crippen molar-refractivity contribution in [1.82, 2.24) is 14.9 Å². The van der Waals surface area contributed by atoms with E-state index >= 15 is 0 Å². The highest BCUT2D eigenvalue weighted by Gasteiger charge is 2.35. The second kappa shape index (κ2) is 14.3. The molecular weight excluding hydrogens is 615 g/mol. The fourth-order valence-electron chi connectivity index (χ4n) is 4.26. The average Bonchev–Trinajstić information content (AvgIpc) is 2.94. The molecule has 15 heteroatoms. The number of anilines is 6. The number of halogens is 4. The number of amides is 3. The van der Waals surface area contributed by atoms with Crippen LogP contribution in [0.5, 0.6) is 0 Å². The van der Waals surface area contributed by atoms with Crippen LogP contribution in [0.4, 0.5) is 52.5 Å². The van der Waals surface area contributed by atoms with Crippen LogP contribution in [0.1, 0.15) is 39.7 Å². The Hall–Kier alpha value is -4.85. The van der Waals surface area contributed by atoms with E-state index in [1.54, 1.807) is 45.0 Å². The molecule has 0 aliphatic heterocycles. The van der Waals surface area contributed by atoms with E-state index in [1.165, 1.54) is 24.1 Å². The van der Waals surface area contributed by atoms with Gasteiger partial charge in [-0.1, -0.05) is 30.3 Å². The van der Waals surface area contributed by atoms with Gasteiger partial charge < -0.3 is 30.9 Å². The molecule has 0 bridgehead atoms. The van der Waals surface area contributed by atoms with Crippen LogP contribution in [0, 0.1) is 0 Å². The molecule has 0 fully saturated rings. The van der Waals surface area contributed by atoms with E-state index < -0.39 is 35.2 Å². The summed E-state index contributed by atoms with van der Waals surface area (Å²) in [5, 5.41) is 17.7. The minimum Gasteiger partial charge on any atom is -0.465 e. The summed E-state index contributed by atoms with van der Waals surface area (Å²) in [5.41, 5.74) is -1.41. The number of rotatable bonds is 11. The van der Waals surface area contributed by atoms with Crippen LogP contribution in [-0.4, -0.2) is 56.5 Å². The number of hydrogen-bond donors (Lipinski definition) is 4. The Bertz CT molecular complexity index is 1580. The number of alkyl halides is 3. The Kier molecular flexibility index (Phi) is 11.0. The smallest absolute Gasteiger partial charge is 0.418 e. The van der Waals surface area contributed by atoms with Crippen molar-refractivity contribution in [2.75, 3.05) is 33.9 Å². The number of hydrogen-bond acceptors (Lipinski definition) is 7. The minimum atomic E-state index is -4.83. The van der Waals surface area contributed by atoms with Gasteiger partial charge in [0.2, 0.25) is 17.8 Å². The summed E-state index contributed by atoms with van der Waals surface area (Å²) >= 11 is 6.26. The van der Waals surface area contributed by atoms with Crippen LogP contribution in [0.25, 0.3) is 0 Å². The summed E-state index contributed by atoms with van der Waals surface area (Å²) in [4.78, 5) is 46.5. The first-order chi connectivity index (χ1) is 21.0. The largest absolute Gasteiger partial charge is 0.465 e. The molecule has 0 aliphatic rings. The van der Waals surface area contributed by atoms with Crippen LogP contribution >= 0.6 is 11.6 Å². The zero-order valence-corrected chi connectivity index (χ0v) is 25.8. The maximum atomic E-state index is 14.3. The maximum absolute atomic E-state index is 14.3. The molecule has 0 saturated heterocycles. The van der Waals surface area contributed by atoms with Gasteiger partial charge in [0.1, 0.15) is 5.02 Å². The molecule has 1 aromatic heterocycles. The third-order valence-corrected chi connectivity index (χ3v) is 6.70. The summed E-state index contributed by atoms with van der Waals surface area (Å²) in [6, 6.07) is 9.94. The predicted molar refractivity (Wildman–Crippen MR) is 167 cm³/mol. The Labute approximate surface area is 263 Å². The lowest BCUT2D eigenvalue weighted by atomic mass is 10.1. The first-order valence-electron chi connectivity index (χ1n) is 13.6. The first-order valence-corrected chi connectivity index (χ1v) is 14.0. The molecule has 0 unspecified atom stereocenters. The van der Waals surface area contributed by atoms with Crippen molar-refractivity contribution in [2.24, 2.45) is 0 Å². The summed E-state index contributed by atoms with van der Waals surface area (Å²) in [5.74, 6) is -1.14. The highest BCUT2D eigenvalue weighted by atomic mass is 35.5. The van der Waals surface area contributed by atoms with Gasteiger partial charge in [-0.25, -0.2) is 9.78 Å². The van der Waals surface area contributed by atoms with Gasteiger partial charge in [0, 0.05) is 31.2 Å². The fourth-order valence-corrected chi connectivity index (χ4v) is 4.40. The topological polar surface area (TPSA) is 140 Å². The SMILES string of the molecule is C=CC(=O)Nc1ccccc1Nc1nc(Nc2ccc(N(CCCN(C(=O)O)C(C)(C)C)C(C)=O)cc2C(F)(F)F)ncc1Cl. The lowest BCUT2D eigenvalue weighted by Crippen LogP contribution is -2.46. The van der Waals surface area contributed by atoms with Crippen LogP contribution in [0.15, 0.2) is 61.3 Å². The average molecular weight is 648 g/mol. The van der Waals surface area contributed by atoms with Gasteiger partial charge in [-0.15, -0.1) is 0 Å². The standard InChI is InChI=1S/C30H33ClF3N7O4/c1-6-25(43)36-23-10-7-8-11-24(23)37-26-21(31)17-35-27(39-26)38-22-13-12-19(16-20(22)30(32,33)34)40(18(2)42)14-9-15-41(28(44)45)29(3,4)5/h6-8,10-13,16-17H,1,9,14-15H2,2-5H3,(H,36,43)(H,44,45)(H2,35,37,38,39). The molecule has 0 atom stereocenters. The van der Waals surface area contributed by atoms with Crippen LogP contribution in [0.3, 0.4) is 0 Å². The second-order valence-corrected chi connectivity index (χ2v) is 11.1. The zero-order valence-electron chi connectivity index (χ0n) is 25.0. The molecule has 240 valence electrons. The van der Waals surface area contributed by atoms with Crippen LogP contribution < -0.4 is 20.9 Å². The van der Waals surface area contributed by atoms with Gasteiger partial charge in [-0.05, 0) is 63.6 Å². The predicted octanol–water partition coefficient (Wildman–Crippen LogP) is 7.28. The summed E-state index contributed by atoms with van der Waals surface area (Å²) in [7, 11) is 0. The van der Waals surface area contributed by atoms with Gasteiger partial charge in [0.05, 0.1) is 28.8 Å². The molecule has 0 aliphatic carbocycles. The molecule has 0 saturated carbocycles. The van der Waals surface area contributed by atoms with Gasteiger partial charge in [-0.3, -0.25) is 9.59 Å². The highest BCUT2D eigenvalue weighted by molar-refractivity contribution is 6.33. The number of carbonyl (C=O) groups excluding carboxylic acids is 2. The molecule has 4 N–H and O–H groups in total. The third-order valence-electron chi connectivity index (χ3n) is 6.42. The molecule has 3 rings (SSSR count). The first kappa shape index (κ1) is 34.6. The van der Waals surface area contributed by atoms with Crippen molar-refractivity contribution < 1.29 is 32.7 Å². The molecule has 3 amide bonds. The number of carbonyl (C=O) groups is 3. The Morgan fingerprint density at radius 1 is 1.02 bits per heavy atom. The number of benzene rings is 2. The van der Waals surface area contributed by atoms with Gasteiger partial charge in [0.15, 0.2) is 5.82 Å². The lowest BCUT2D eigenvalue weighted by molar-refractivity contribution is -0.137. The second-order valence-electron chi connectivity index (χ2n) is 10.7. The fraction of sp³-hybridized carbons (Fsp3) is 0.300. The van der Waals surface area contributed by atoms with E-state index in [1.807, 2.05) is 0 Å². The third kappa shape index (κ3) is 9.32. The lowest BCUT2D eigenvalue weighted by Gasteiger charge is -2.34. The number of para-hydroxylation sites is 2. The van der Waals surface area contributed by atoms with E-state index in [2.05, 4.69) is 32.5 Å². The molecule has 3 aromatic rings. The van der Waals surface area contributed by atoms with Crippen LogP contribution in [0.2, 0.25) is 5.02 Å². The molecule has 11 nitrogen and oxygen atoms in total. The maximum Gasteiger partial charge on any atom is 0.418 e. The summed E-state index contributed by atoms with van der Waals surface area (Å²) < 4.78 is 42.8. The van der Waals surface area contributed by atoms with E-state index in [0.29, 0.717) is 11.4 Å². The zero-order chi connectivity index (χ0) is 33.5. The molecule has 45 heavy (non-hydrogen) atoms. The summed E-state index contributed by atoms with van der Waals surface area (Å²) in [6.07, 6.45) is -3.49. The van der Waals surface area contributed by atoms with E-state index in [9.17, 15) is 32.7 Å². The Balaban J connectivity index is 1.88. The highest BCUT2D eigenvalue weighted by Crippen LogP contribution is 2.39. The van der Waals surface area contributed by atoms with Crippen molar-refractivity contribution in [3.8, 4) is 0 Å². The Morgan fingerprint density at radius 2 is 1.69 bits per heavy atom. The van der Waals surface area contributed by atoms with Gasteiger partial charge >= 0.3 is 12.3 Å². The van der Waals surface area contributed by atoms with Gasteiger partial charge in [0.25, 0.3) is 0 Å². The van der Waals surface area contributed by atoms with E-state index in [0.717, 1.165) is 23.1 Å². The van der Waals surface area contributed by atoms with Crippen molar-refractivity contribution in [3.63, 3.8) is 0 Å². The number of nitrogens with one attached hydrogen (secondary N) is 3. The number of nitrogens with zero attached hydrogens (tertiary/aromatic N) is 4. The van der Waals surface area contributed by atoms with Crippen molar-refractivity contribution >= 4 is 64.0 Å². The minimum absolute atomic E-state index is 0.0106. The molecule has 1 heterocycles. The Morgan fingerprint density at radius 3 is 2.27 bits per heavy atom. The molecule has 0 radical (unpaired) electrons. The molecular formula is C30H33ClF3N7O4.